The van der Waals surface area contributed by atoms with Gasteiger partial charge in [-0.05, 0) is 23.7 Å². The molecular formula is C8H7N3O3. The Bertz CT molecular complexity index is 410. The molecule has 0 bridgehead atoms. The van der Waals surface area contributed by atoms with Crippen LogP contribution in [-0.4, -0.2) is 18.2 Å². The zero-order valence-corrected chi connectivity index (χ0v) is 7.34. The summed E-state index contributed by atoms with van der Waals surface area (Å²) in [5, 5.41) is 12.1. The maximum Gasteiger partial charge on any atom is 0.339 e. The Morgan fingerprint density at radius 2 is 2.36 bits per heavy atom. The van der Waals surface area contributed by atoms with Gasteiger partial charge >= 0.3 is 5.97 Å². The summed E-state index contributed by atoms with van der Waals surface area (Å²) in [5.41, 5.74) is 8.37. The van der Waals surface area contributed by atoms with Gasteiger partial charge in [0.2, 0.25) is 0 Å². The number of ether oxygens (including phenoxy) is 1. The van der Waals surface area contributed by atoms with Crippen LogP contribution in [0.1, 0.15) is 10.4 Å². The van der Waals surface area contributed by atoms with Crippen molar-refractivity contribution in [1.29, 1.82) is 0 Å². The molecule has 0 aliphatic heterocycles. The van der Waals surface area contributed by atoms with Gasteiger partial charge in [-0.15, -0.1) is 0 Å². The standard InChI is InChI=1S/C8H7N3O3/c1-14-7-3-2-5(10-11-9)4-6(7)8(12)13/h2-4H,1H3,(H,12,13). The summed E-state index contributed by atoms with van der Waals surface area (Å²) in [4.78, 5) is 13.3. The van der Waals surface area contributed by atoms with E-state index in [0.29, 0.717) is 0 Å². The average Bonchev–Trinajstić information content (AvgIpc) is 2.18. The number of nitrogens with zero attached hydrogens (tertiary/aromatic N) is 3. The first-order valence-corrected chi connectivity index (χ1v) is 3.65. The fraction of sp³-hybridized carbons (Fsp3) is 0.125. The lowest BCUT2D eigenvalue weighted by Gasteiger charge is -2.04. The van der Waals surface area contributed by atoms with Crippen LogP contribution in [-0.2, 0) is 0 Å². The van der Waals surface area contributed by atoms with Crippen LogP contribution in [0.3, 0.4) is 0 Å². The van der Waals surface area contributed by atoms with Gasteiger partial charge in [0.15, 0.2) is 0 Å². The summed E-state index contributed by atoms with van der Waals surface area (Å²) in [5.74, 6) is -0.897. The minimum Gasteiger partial charge on any atom is -0.496 e. The molecule has 1 aromatic carbocycles. The van der Waals surface area contributed by atoms with Crippen LogP contribution in [0.15, 0.2) is 23.3 Å². The van der Waals surface area contributed by atoms with E-state index >= 15 is 0 Å². The van der Waals surface area contributed by atoms with E-state index in [1.54, 1.807) is 0 Å². The Morgan fingerprint density at radius 3 is 2.86 bits per heavy atom. The van der Waals surface area contributed by atoms with E-state index in [2.05, 4.69) is 10.0 Å². The number of hydrogen-bond acceptors (Lipinski definition) is 3. The minimum atomic E-state index is -1.13. The summed E-state index contributed by atoms with van der Waals surface area (Å²) in [6, 6.07) is 4.17. The largest absolute Gasteiger partial charge is 0.496 e. The second kappa shape index (κ2) is 4.15. The predicted octanol–water partition coefficient (Wildman–Crippen LogP) is 2.34. The second-order valence-corrected chi connectivity index (χ2v) is 2.38. The van der Waals surface area contributed by atoms with Crippen molar-refractivity contribution < 1.29 is 14.6 Å². The highest BCUT2D eigenvalue weighted by atomic mass is 16.5. The Labute approximate surface area is 79.4 Å². The lowest BCUT2D eigenvalue weighted by molar-refractivity contribution is 0.0693. The third-order valence-electron chi connectivity index (χ3n) is 1.57. The lowest BCUT2D eigenvalue weighted by atomic mass is 10.2. The SMILES string of the molecule is COc1ccc(N=[N+]=[N-])cc1C(=O)O. The molecule has 14 heavy (non-hydrogen) atoms. The number of methoxy groups -OCH3 is 1. The molecule has 0 aliphatic rings. The Morgan fingerprint density at radius 1 is 1.64 bits per heavy atom. The molecule has 0 amide bonds. The van der Waals surface area contributed by atoms with Crippen molar-refractivity contribution >= 4 is 11.7 Å². The van der Waals surface area contributed by atoms with E-state index in [1.807, 2.05) is 0 Å². The third-order valence-corrected chi connectivity index (χ3v) is 1.57. The Balaban J connectivity index is 3.27. The van der Waals surface area contributed by atoms with Gasteiger partial charge in [0.1, 0.15) is 11.3 Å². The van der Waals surface area contributed by atoms with Gasteiger partial charge in [0.05, 0.1) is 7.11 Å². The zero-order chi connectivity index (χ0) is 10.6. The number of carbonyl (C=O) groups is 1. The van der Waals surface area contributed by atoms with Crippen LogP contribution in [0, 0.1) is 0 Å². The van der Waals surface area contributed by atoms with Crippen LogP contribution in [0.4, 0.5) is 5.69 Å². The summed E-state index contributed by atoms with van der Waals surface area (Å²) in [6.07, 6.45) is 0. The molecule has 0 spiro atoms. The molecule has 6 heteroatoms. The molecule has 1 aromatic rings. The van der Waals surface area contributed by atoms with Crippen molar-refractivity contribution in [2.75, 3.05) is 7.11 Å². The van der Waals surface area contributed by atoms with E-state index in [-0.39, 0.29) is 17.0 Å². The summed E-state index contributed by atoms with van der Waals surface area (Å²) in [7, 11) is 1.37. The predicted molar refractivity (Wildman–Crippen MR) is 48.8 cm³/mol. The molecule has 6 nitrogen and oxygen atoms in total. The number of benzene rings is 1. The maximum atomic E-state index is 10.7. The van der Waals surface area contributed by atoms with Crippen LogP contribution in [0.5, 0.6) is 5.75 Å². The quantitative estimate of drug-likeness (QED) is 0.453. The van der Waals surface area contributed by atoms with E-state index < -0.39 is 5.97 Å². The molecule has 0 fully saturated rings. The Kier molecular flexibility index (Phi) is 2.93. The van der Waals surface area contributed by atoms with Crippen LogP contribution in [0.25, 0.3) is 10.4 Å². The number of hydrogen-bond donors (Lipinski definition) is 1. The number of rotatable bonds is 3. The van der Waals surface area contributed by atoms with E-state index in [1.165, 1.54) is 25.3 Å². The molecule has 1 rings (SSSR count). The topological polar surface area (TPSA) is 95.3 Å². The van der Waals surface area contributed by atoms with Crippen LogP contribution >= 0.6 is 0 Å². The number of azide groups is 1. The fourth-order valence-electron chi connectivity index (χ4n) is 0.977. The summed E-state index contributed by atoms with van der Waals surface area (Å²) < 4.78 is 4.82. The third kappa shape index (κ3) is 1.94. The van der Waals surface area contributed by atoms with E-state index in [0.717, 1.165) is 0 Å². The molecule has 0 aromatic heterocycles. The second-order valence-electron chi connectivity index (χ2n) is 2.38. The number of carboxylic acid groups (broad SMARTS) is 1. The Hall–Kier alpha value is -2.20. The van der Waals surface area contributed by atoms with Crippen LogP contribution in [0.2, 0.25) is 0 Å². The summed E-state index contributed by atoms with van der Waals surface area (Å²) in [6.45, 7) is 0. The molecule has 0 atom stereocenters. The highest BCUT2D eigenvalue weighted by Crippen LogP contribution is 2.24. The van der Waals surface area contributed by atoms with E-state index in [9.17, 15) is 4.79 Å². The molecule has 72 valence electrons. The van der Waals surface area contributed by atoms with Crippen molar-refractivity contribution in [3.63, 3.8) is 0 Å². The normalized spacial score (nSPS) is 8.93. The molecule has 0 saturated carbocycles. The van der Waals surface area contributed by atoms with Gasteiger partial charge in [-0.1, -0.05) is 5.11 Å². The van der Waals surface area contributed by atoms with E-state index in [4.69, 9.17) is 15.4 Å². The molecule has 1 N–H and O–H groups in total. The molecule has 0 aliphatic carbocycles. The highest BCUT2D eigenvalue weighted by molar-refractivity contribution is 5.91. The van der Waals surface area contributed by atoms with Gasteiger partial charge in [-0.2, -0.15) is 0 Å². The molecule has 0 saturated heterocycles. The van der Waals surface area contributed by atoms with Gasteiger partial charge in [-0.25, -0.2) is 4.79 Å². The molecule has 0 unspecified atom stereocenters. The van der Waals surface area contributed by atoms with Crippen molar-refractivity contribution in [3.05, 3.63) is 34.2 Å². The van der Waals surface area contributed by atoms with Crippen molar-refractivity contribution in [3.8, 4) is 5.75 Å². The van der Waals surface area contributed by atoms with Gasteiger partial charge in [0.25, 0.3) is 0 Å². The highest BCUT2D eigenvalue weighted by Gasteiger charge is 2.10. The summed E-state index contributed by atoms with van der Waals surface area (Å²) >= 11 is 0. The molecule has 0 heterocycles. The lowest BCUT2D eigenvalue weighted by Crippen LogP contribution is -1.99. The zero-order valence-electron chi connectivity index (χ0n) is 7.34. The first-order valence-electron chi connectivity index (χ1n) is 3.65. The number of aromatic carboxylic acids is 1. The van der Waals surface area contributed by atoms with Crippen molar-refractivity contribution in [2.45, 2.75) is 0 Å². The van der Waals surface area contributed by atoms with Gasteiger partial charge in [0, 0.05) is 10.6 Å². The number of carboxylic acids is 1. The molecular weight excluding hydrogens is 186 g/mol. The first kappa shape index (κ1) is 9.88. The monoisotopic (exact) mass is 193 g/mol. The van der Waals surface area contributed by atoms with Gasteiger partial charge in [-0.3, -0.25) is 0 Å². The van der Waals surface area contributed by atoms with Crippen molar-refractivity contribution in [2.24, 2.45) is 5.11 Å². The first-order chi connectivity index (χ1) is 6.69. The maximum absolute atomic E-state index is 10.7. The fourth-order valence-corrected chi connectivity index (χ4v) is 0.977. The van der Waals surface area contributed by atoms with Crippen molar-refractivity contribution in [1.82, 2.24) is 0 Å². The smallest absolute Gasteiger partial charge is 0.339 e. The van der Waals surface area contributed by atoms with Gasteiger partial charge < -0.3 is 9.84 Å². The molecule has 0 radical (unpaired) electrons. The minimum absolute atomic E-state index is 0.0302. The average molecular weight is 193 g/mol. The van der Waals surface area contributed by atoms with Crippen LogP contribution < -0.4 is 4.74 Å².